The Morgan fingerprint density at radius 2 is 0.907 bits per heavy atom. The number of benzene rings is 6. The fourth-order valence-corrected chi connectivity index (χ4v) is 11.4. The molecule has 0 aliphatic heterocycles. The summed E-state index contributed by atoms with van der Waals surface area (Å²) in [5.41, 5.74) is 2.54. The van der Waals surface area contributed by atoms with Gasteiger partial charge in [-0.3, -0.25) is 19.4 Å². The zero-order valence-electron chi connectivity index (χ0n) is 40.9. The van der Waals surface area contributed by atoms with Crippen molar-refractivity contribution in [1.82, 2.24) is 19.9 Å². The first kappa shape index (κ1) is 51.0. The molecule has 0 aliphatic carbocycles. The third-order valence-electron chi connectivity index (χ3n) is 11.4. The predicted molar refractivity (Wildman–Crippen MR) is 287 cm³/mol. The first-order valence-electron chi connectivity index (χ1n) is 22.5. The molecule has 0 radical (unpaired) electrons. The summed E-state index contributed by atoms with van der Waals surface area (Å²) in [4.78, 5) is 17.4. The van der Waals surface area contributed by atoms with E-state index in [1.54, 1.807) is 156 Å². The third kappa shape index (κ3) is 11.1. The molecule has 0 amide bonds. The summed E-state index contributed by atoms with van der Waals surface area (Å²) >= 11 is 1.38. The summed E-state index contributed by atoms with van der Waals surface area (Å²) in [5, 5.41) is 3.73. The van der Waals surface area contributed by atoms with Gasteiger partial charge < -0.3 is 37.9 Å². The summed E-state index contributed by atoms with van der Waals surface area (Å²) in [6.07, 6.45) is 6.44. The number of nitrogens with one attached hydrogen (secondary N) is 2. The monoisotopic (exact) mass is 1070 g/mol. The molecule has 0 saturated heterocycles. The van der Waals surface area contributed by atoms with Gasteiger partial charge in [0, 0.05) is 80.9 Å². The SMILES string of the molecule is COc1cc2nccc(Oc3ccc(NS(=O)(=O)c4cccc(-c5ncccn5)c4)cc3OC)c2cc1OC.COc1cc2nccc(Oc3ccc(NS(=O)(=O)c4csc5ccccc45)cc3OC)c2cc1OC. The molecule has 382 valence electrons. The van der Waals surface area contributed by atoms with Crippen LogP contribution in [0, 0.1) is 0 Å². The average Bonchev–Trinajstić information content (AvgIpc) is 3.89. The summed E-state index contributed by atoms with van der Waals surface area (Å²) in [5.74, 6) is 5.11. The van der Waals surface area contributed by atoms with Crippen LogP contribution in [0.2, 0.25) is 0 Å². The van der Waals surface area contributed by atoms with E-state index in [9.17, 15) is 16.8 Å². The number of hydrogen-bond donors (Lipinski definition) is 2. The van der Waals surface area contributed by atoms with E-state index in [2.05, 4.69) is 29.4 Å². The van der Waals surface area contributed by atoms with Crippen molar-refractivity contribution >= 4 is 74.7 Å². The van der Waals surface area contributed by atoms with Crippen LogP contribution < -0.4 is 47.3 Å². The molecule has 10 rings (SSSR count). The summed E-state index contributed by atoms with van der Waals surface area (Å²) in [6.45, 7) is 0. The second kappa shape index (κ2) is 22.1. The Balaban J connectivity index is 0.000000184. The molecule has 0 unspecified atom stereocenters. The largest absolute Gasteiger partial charge is 0.493 e. The van der Waals surface area contributed by atoms with Crippen LogP contribution in [-0.2, 0) is 20.0 Å². The van der Waals surface area contributed by atoms with Gasteiger partial charge in [-0.15, -0.1) is 11.3 Å². The Morgan fingerprint density at radius 3 is 1.44 bits per heavy atom. The fourth-order valence-electron chi connectivity index (χ4n) is 7.78. The van der Waals surface area contributed by atoms with Crippen molar-refractivity contribution in [2.24, 2.45) is 0 Å². The predicted octanol–water partition coefficient (Wildman–Crippen LogP) is 11.4. The molecule has 2 N–H and O–H groups in total. The molecule has 0 fully saturated rings. The molecule has 75 heavy (non-hydrogen) atoms. The number of anilines is 2. The molecule has 0 atom stereocenters. The quantitative estimate of drug-likeness (QED) is 0.0866. The molecule has 6 aromatic carbocycles. The van der Waals surface area contributed by atoms with Crippen LogP contribution >= 0.6 is 11.3 Å². The zero-order valence-corrected chi connectivity index (χ0v) is 43.4. The molecule has 0 bridgehead atoms. The lowest BCUT2D eigenvalue weighted by atomic mass is 10.1. The lowest BCUT2D eigenvalue weighted by molar-refractivity contribution is 0.355. The minimum atomic E-state index is -3.92. The Hall–Kier alpha value is -8.92. The highest BCUT2D eigenvalue weighted by Gasteiger charge is 2.22. The first-order chi connectivity index (χ1) is 36.3. The highest BCUT2D eigenvalue weighted by atomic mass is 32.2. The van der Waals surface area contributed by atoms with Crippen LogP contribution in [0.4, 0.5) is 11.4 Å². The molecular weight excluding hydrogens is 1020 g/mol. The normalized spacial score (nSPS) is 11.3. The van der Waals surface area contributed by atoms with E-state index < -0.39 is 20.0 Å². The topological polar surface area (TPSA) is 218 Å². The minimum Gasteiger partial charge on any atom is -0.493 e. The number of methoxy groups -OCH3 is 6. The maximum atomic E-state index is 13.2. The second-order valence-corrected chi connectivity index (χ2v) is 20.2. The van der Waals surface area contributed by atoms with Gasteiger partial charge in [-0.2, -0.15) is 0 Å². The number of ether oxygens (including phenoxy) is 8. The lowest BCUT2D eigenvalue weighted by Crippen LogP contribution is -2.13. The number of pyridine rings is 2. The Labute approximate surface area is 435 Å². The van der Waals surface area contributed by atoms with Crippen molar-refractivity contribution in [3.8, 4) is 68.9 Å². The van der Waals surface area contributed by atoms with E-state index in [0.717, 1.165) is 4.70 Å². The number of thiophene rings is 1. The number of nitrogens with zero attached hydrogens (tertiary/aromatic N) is 4. The molecule has 0 spiro atoms. The van der Waals surface area contributed by atoms with Gasteiger partial charge >= 0.3 is 0 Å². The van der Waals surface area contributed by atoms with Gasteiger partial charge in [-0.05, 0) is 72.8 Å². The number of hydrogen-bond acceptors (Lipinski definition) is 17. The molecule has 10 aromatic rings. The molecule has 21 heteroatoms. The molecule has 0 aliphatic rings. The molecule has 18 nitrogen and oxygen atoms in total. The van der Waals surface area contributed by atoms with Gasteiger partial charge in [0.1, 0.15) is 16.4 Å². The Kier molecular flexibility index (Phi) is 15.0. The van der Waals surface area contributed by atoms with Crippen molar-refractivity contribution in [3.63, 3.8) is 0 Å². The zero-order chi connectivity index (χ0) is 52.7. The molecule has 4 heterocycles. The van der Waals surface area contributed by atoms with E-state index in [4.69, 9.17) is 37.9 Å². The van der Waals surface area contributed by atoms with E-state index >= 15 is 0 Å². The van der Waals surface area contributed by atoms with Crippen LogP contribution in [-0.4, -0.2) is 79.4 Å². The van der Waals surface area contributed by atoms with Gasteiger partial charge in [-0.1, -0.05) is 30.3 Å². The Morgan fingerprint density at radius 1 is 0.413 bits per heavy atom. The maximum Gasteiger partial charge on any atom is 0.263 e. The van der Waals surface area contributed by atoms with Crippen LogP contribution in [0.25, 0.3) is 43.3 Å². The highest BCUT2D eigenvalue weighted by Crippen LogP contribution is 2.42. The van der Waals surface area contributed by atoms with Crippen molar-refractivity contribution in [2.45, 2.75) is 9.79 Å². The van der Waals surface area contributed by atoms with Gasteiger partial charge in [0.25, 0.3) is 20.0 Å². The number of rotatable bonds is 17. The van der Waals surface area contributed by atoms with E-state index in [-0.39, 0.29) is 9.79 Å². The summed E-state index contributed by atoms with van der Waals surface area (Å²) in [6, 6.07) is 35.6. The van der Waals surface area contributed by atoms with Crippen LogP contribution in [0.15, 0.2) is 167 Å². The third-order valence-corrected chi connectivity index (χ3v) is 15.3. The second-order valence-electron chi connectivity index (χ2n) is 15.9. The van der Waals surface area contributed by atoms with Crippen molar-refractivity contribution in [3.05, 3.63) is 158 Å². The van der Waals surface area contributed by atoms with Gasteiger partial charge in [0.15, 0.2) is 51.8 Å². The number of sulfonamides is 2. The Bertz CT molecular complexity index is 3940. The fraction of sp³-hybridized carbons (Fsp3) is 0.111. The molecule has 0 saturated carbocycles. The smallest absolute Gasteiger partial charge is 0.263 e. The van der Waals surface area contributed by atoms with Gasteiger partial charge in [0.05, 0.1) is 70.0 Å². The van der Waals surface area contributed by atoms with E-state index in [1.807, 2.05) is 18.2 Å². The highest BCUT2D eigenvalue weighted by molar-refractivity contribution is 7.93. The molecular formula is C54H46N6O12S3. The maximum absolute atomic E-state index is 13.2. The van der Waals surface area contributed by atoms with Crippen molar-refractivity contribution in [1.29, 1.82) is 0 Å². The van der Waals surface area contributed by atoms with Crippen LogP contribution in [0.3, 0.4) is 0 Å². The number of aromatic nitrogens is 4. The minimum absolute atomic E-state index is 0.0689. The standard InChI is InChI=1S/C28H24N4O6S.C26H22N2O6S2/c1-35-25-15-19(32-39(33,34)20-7-4-6-18(14-20)28-30-11-5-12-31-28)8-9-24(25)38-23-10-13-29-22-17-27(37-3)26(36-2)16-21(22)23;1-31-22-12-16(28-36(29,30)26-15-35-25-7-5-4-6-17(25)26)8-9-21(22)34-20-10-11-27-19-14-24(33-3)23(32-2)13-18(19)20/h4-17,32H,1-3H3;4-15,28H,1-3H3. The summed E-state index contributed by atoms with van der Waals surface area (Å²) < 4.78 is 104. The first-order valence-corrected chi connectivity index (χ1v) is 26.3. The van der Waals surface area contributed by atoms with E-state index in [1.165, 1.54) is 37.7 Å². The summed E-state index contributed by atoms with van der Waals surface area (Å²) in [7, 11) is 1.46. The van der Waals surface area contributed by atoms with Crippen LogP contribution in [0.5, 0.6) is 57.5 Å². The number of fused-ring (bicyclic) bond motifs is 3. The van der Waals surface area contributed by atoms with Crippen molar-refractivity contribution in [2.75, 3.05) is 52.1 Å². The lowest BCUT2D eigenvalue weighted by Gasteiger charge is -2.15. The van der Waals surface area contributed by atoms with Gasteiger partial charge in [0.2, 0.25) is 0 Å². The van der Waals surface area contributed by atoms with Crippen molar-refractivity contribution < 1.29 is 54.7 Å². The molecule has 4 aromatic heterocycles. The van der Waals surface area contributed by atoms with Crippen LogP contribution in [0.1, 0.15) is 0 Å². The van der Waals surface area contributed by atoms with E-state index in [0.29, 0.717) is 107 Å². The van der Waals surface area contributed by atoms with Gasteiger partial charge in [-0.25, -0.2) is 26.8 Å². The average molecular weight is 1070 g/mol.